The molecule has 2 rings (SSSR count). The predicted molar refractivity (Wildman–Crippen MR) is 83.8 cm³/mol. The molecule has 2 heterocycles. The molecule has 118 valence electrons. The van der Waals surface area contributed by atoms with Gasteiger partial charge in [-0.1, -0.05) is 0 Å². The van der Waals surface area contributed by atoms with E-state index in [1.807, 2.05) is 26.2 Å². The van der Waals surface area contributed by atoms with Gasteiger partial charge in [-0.15, -0.1) is 11.3 Å². The molecule has 5 nitrogen and oxygen atoms in total. The molecule has 0 amide bonds. The molecule has 0 atom stereocenters. The van der Waals surface area contributed by atoms with E-state index in [2.05, 4.69) is 10.3 Å². The molecule has 0 spiro atoms. The SMILES string of the molecule is CCOC(=O)C(C)(C)c1csc(NCC2CCOCC2)n1. The van der Waals surface area contributed by atoms with Crippen molar-refractivity contribution in [3.05, 3.63) is 11.1 Å². The monoisotopic (exact) mass is 312 g/mol. The number of rotatable bonds is 6. The quantitative estimate of drug-likeness (QED) is 0.819. The van der Waals surface area contributed by atoms with Crippen LogP contribution in [0.5, 0.6) is 0 Å². The summed E-state index contributed by atoms with van der Waals surface area (Å²) in [6, 6.07) is 0. The third-order valence-corrected chi connectivity index (χ3v) is 4.61. The van der Waals surface area contributed by atoms with E-state index in [0.29, 0.717) is 12.5 Å². The largest absolute Gasteiger partial charge is 0.465 e. The minimum Gasteiger partial charge on any atom is -0.465 e. The first-order valence-electron chi connectivity index (χ1n) is 7.49. The van der Waals surface area contributed by atoms with Crippen LogP contribution >= 0.6 is 11.3 Å². The summed E-state index contributed by atoms with van der Waals surface area (Å²) in [7, 11) is 0. The van der Waals surface area contributed by atoms with Gasteiger partial charge in [0.25, 0.3) is 0 Å². The van der Waals surface area contributed by atoms with Crippen molar-refractivity contribution in [2.75, 3.05) is 31.7 Å². The Morgan fingerprint density at radius 3 is 2.90 bits per heavy atom. The first-order valence-corrected chi connectivity index (χ1v) is 8.37. The van der Waals surface area contributed by atoms with Crippen LogP contribution in [-0.2, 0) is 19.7 Å². The van der Waals surface area contributed by atoms with Gasteiger partial charge in [0.05, 0.1) is 12.3 Å². The molecular weight excluding hydrogens is 288 g/mol. The summed E-state index contributed by atoms with van der Waals surface area (Å²) in [5.74, 6) is 0.412. The van der Waals surface area contributed by atoms with Gasteiger partial charge in [-0.3, -0.25) is 4.79 Å². The molecule has 0 aliphatic carbocycles. The van der Waals surface area contributed by atoms with E-state index < -0.39 is 5.41 Å². The first-order chi connectivity index (χ1) is 10.0. The minimum atomic E-state index is -0.703. The molecule has 1 saturated heterocycles. The van der Waals surface area contributed by atoms with Gasteiger partial charge in [-0.2, -0.15) is 0 Å². The van der Waals surface area contributed by atoms with Gasteiger partial charge >= 0.3 is 5.97 Å². The van der Waals surface area contributed by atoms with Crippen LogP contribution in [0.4, 0.5) is 5.13 Å². The lowest BCUT2D eigenvalue weighted by molar-refractivity contribution is -0.148. The summed E-state index contributed by atoms with van der Waals surface area (Å²) in [4.78, 5) is 16.5. The van der Waals surface area contributed by atoms with Crippen LogP contribution in [0.2, 0.25) is 0 Å². The van der Waals surface area contributed by atoms with Crippen LogP contribution in [0.25, 0.3) is 0 Å². The van der Waals surface area contributed by atoms with Gasteiger partial charge in [-0.25, -0.2) is 4.98 Å². The zero-order chi connectivity index (χ0) is 15.3. The fourth-order valence-electron chi connectivity index (χ4n) is 2.24. The molecule has 0 bridgehead atoms. The topological polar surface area (TPSA) is 60.5 Å². The van der Waals surface area contributed by atoms with E-state index >= 15 is 0 Å². The van der Waals surface area contributed by atoms with Crippen molar-refractivity contribution in [3.63, 3.8) is 0 Å². The van der Waals surface area contributed by atoms with Gasteiger partial charge in [-0.05, 0) is 39.5 Å². The number of carbonyl (C=O) groups excluding carboxylic acids is 1. The highest BCUT2D eigenvalue weighted by atomic mass is 32.1. The number of aromatic nitrogens is 1. The molecule has 0 radical (unpaired) electrons. The van der Waals surface area contributed by atoms with Gasteiger partial charge in [0.1, 0.15) is 5.41 Å². The number of nitrogens with one attached hydrogen (secondary N) is 1. The Labute approximate surface area is 130 Å². The summed E-state index contributed by atoms with van der Waals surface area (Å²) < 4.78 is 10.5. The second-order valence-electron chi connectivity index (χ2n) is 5.82. The van der Waals surface area contributed by atoms with Crippen LogP contribution in [0.15, 0.2) is 5.38 Å². The fraction of sp³-hybridized carbons (Fsp3) is 0.733. The Kier molecular flexibility index (Phi) is 5.58. The number of anilines is 1. The number of ether oxygens (including phenoxy) is 2. The average Bonchev–Trinajstić information content (AvgIpc) is 2.96. The molecule has 21 heavy (non-hydrogen) atoms. The van der Waals surface area contributed by atoms with E-state index in [1.54, 1.807) is 0 Å². The molecule has 1 aromatic rings. The zero-order valence-corrected chi connectivity index (χ0v) is 13.8. The summed E-state index contributed by atoms with van der Waals surface area (Å²) >= 11 is 1.54. The lowest BCUT2D eigenvalue weighted by Crippen LogP contribution is -2.31. The second kappa shape index (κ2) is 7.22. The Hall–Kier alpha value is -1.14. The van der Waals surface area contributed by atoms with E-state index in [0.717, 1.165) is 43.4 Å². The summed E-state index contributed by atoms with van der Waals surface area (Å²) in [5.41, 5.74) is 0.0610. The predicted octanol–water partition coefficient (Wildman–Crippen LogP) is 2.82. The molecule has 0 aromatic carbocycles. The molecule has 1 aliphatic rings. The number of thiazole rings is 1. The number of esters is 1. The highest BCUT2D eigenvalue weighted by Crippen LogP contribution is 2.28. The van der Waals surface area contributed by atoms with Gasteiger partial charge in [0.15, 0.2) is 5.13 Å². The summed E-state index contributed by atoms with van der Waals surface area (Å²) in [6.45, 7) is 8.52. The maximum atomic E-state index is 12.0. The normalized spacial score (nSPS) is 16.7. The molecule has 1 fully saturated rings. The van der Waals surface area contributed by atoms with Crippen molar-refractivity contribution in [1.29, 1.82) is 0 Å². The molecule has 6 heteroatoms. The zero-order valence-electron chi connectivity index (χ0n) is 13.0. The minimum absolute atomic E-state index is 0.230. The second-order valence-corrected chi connectivity index (χ2v) is 6.68. The van der Waals surface area contributed by atoms with E-state index in [-0.39, 0.29) is 5.97 Å². The summed E-state index contributed by atoms with van der Waals surface area (Å²) in [5, 5.41) is 6.18. The van der Waals surface area contributed by atoms with Gasteiger partial charge in [0.2, 0.25) is 0 Å². The highest BCUT2D eigenvalue weighted by molar-refractivity contribution is 7.13. The van der Waals surface area contributed by atoms with Crippen LogP contribution in [-0.4, -0.2) is 37.3 Å². The highest BCUT2D eigenvalue weighted by Gasteiger charge is 2.34. The molecule has 1 aromatic heterocycles. The number of hydrogen-bond acceptors (Lipinski definition) is 6. The van der Waals surface area contributed by atoms with E-state index in [1.165, 1.54) is 11.3 Å². The Morgan fingerprint density at radius 1 is 1.52 bits per heavy atom. The van der Waals surface area contributed by atoms with Crippen LogP contribution in [0.1, 0.15) is 39.3 Å². The maximum Gasteiger partial charge on any atom is 0.317 e. The third-order valence-electron chi connectivity index (χ3n) is 3.81. The van der Waals surface area contributed by atoms with Crippen molar-refractivity contribution < 1.29 is 14.3 Å². The molecule has 0 unspecified atom stereocenters. The molecule has 1 aliphatic heterocycles. The number of hydrogen-bond donors (Lipinski definition) is 1. The Bertz CT molecular complexity index is 467. The smallest absolute Gasteiger partial charge is 0.317 e. The maximum absolute atomic E-state index is 12.0. The Morgan fingerprint density at radius 2 is 2.24 bits per heavy atom. The van der Waals surface area contributed by atoms with Gasteiger partial charge in [0, 0.05) is 25.1 Å². The summed E-state index contributed by atoms with van der Waals surface area (Å²) in [6.07, 6.45) is 2.19. The van der Waals surface area contributed by atoms with Crippen molar-refractivity contribution in [1.82, 2.24) is 4.98 Å². The lowest BCUT2D eigenvalue weighted by atomic mass is 9.90. The third kappa shape index (κ3) is 4.17. The van der Waals surface area contributed by atoms with Gasteiger partial charge < -0.3 is 14.8 Å². The van der Waals surface area contributed by atoms with Crippen LogP contribution < -0.4 is 5.32 Å². The average molecular weight is 312 g/mol. The Balaban J connectivity index is 1.92. The molecule has 0 saturated carbocycles. The van der Waals surface area contributed by atoms with E-state index in [9.17, 15) is 4.79 Å². The standard InChI is InChI=1S/C15H24N2O3S/c1-4-20-13(18)15(2,3)12-10-21-14(17-12)16-9-11-5-7-19-8-6-11/h10-11H,4-9H2,1-3H3,(H,16,17). The fourth-order valence-corrected chi connectivity index (χ4v) is 3.13. The van der Waals surface area contributed by atoms with Crippen molar-refractivity contribution >= 4 is 22.4 Å². The van der Waals surface area contributed by atoms with Crippen LogP contribution in [0.3, 0.4) is 0 Å². The molecular formula is C15H24N2O3S. The number of nitrogens with zero attached hydrogens (tertiary/aromatic N) is 1. The van der Waals surface area contributed by atoms with Crippen molar-refractivity contribution in [2.45, 2.75) is 39.0 Å². The van der Waals surface area contributed by atoms with Crippen molar-refractivity contribution in [3.8, 4) is 0 Å². The lowest BCUT2D eigenvalue weighted by Gasteiger charge is -2.22. The molecule has 1 N–H and O–H groups in total. The van der Waals surface area contributed by atoms with Crippen molar-refractivity contribution in [2.24, 2.45) is 5.92 Å². The van der Waals surface area contributed by atoms with Crippen LogP contribution in [0, 0.1) is 5.92 Å². The number of carbonyl (C=O) groups is 1. The first kappa shape index (κ1) is 16.2. The van der Waals surface area contributed by atoms with E-state index in [4.69, 9.17) is 9.47 Å².